The van der Waals surface area contributed by atoms with Gasteiger partial charge in [-0.1, -0.05) is 11.6 Å². The quantitative estimate of drug-likeness (QED) is 0.755. The van der Waals surface area contributed by atoms with Gasteiger partial charge in [0.2, 0.25) is 0 Å². The summed E-state index contributed by atoms with van der Waals surface area (Å²) in [6.07, 6.45) is 2.07. The van der Waals surface area contributed by atoms with E-state index in [4.69, 9.17) is 22.1 Å². The highest BCUT2D eigenvalue weighted by Crippen LogP contribution is 2.21. The monoisotopic (exact) mass is 262 g/mol. The van der Waals surface area contributed by atoms with Crippen LogP contribution in [0.2, 0.25) is 4.34 Å². The van der Waals surface area contributed by atoms with Gasteiger partial charge in [-0.25, -0.2) is 0 Å². The first-order valence-corrected chi connectivity index (χ1v) is 6.62. The molecule has 3 nitrogen and oxygen atoms in total. The summed E-state index contributed by atoms with van der Waals surface area (Å²) >= 11 is 7.48. The maximum Gasteiger partial charge on any atom is 0.0931 e. The van der Waals surface area contributed by atoms with Gasteiger partial charge >= 0.3 is 0 Å². The first-order chi connectivity index (χ1) is 7.76. The fraction of sp³-hybridized carbons (Fsp3) is 0.636. The lowest BCUT2D eigenvalue weighted by Crippen LogP contribution is -2.33. The Labute approximate surface area is 106 Å². The minimum Gasteiger partial charge on any atom is -0.383 e. The second kappa shape index (κ2) is 8.03. The SMILES string of the molecule is COCC(CCCN)NCc1ccc(Cl)s1. The van der Waals surface area contributed by atoms with Crippen LogP contribution in [-0.4, -0.2) is 26.3 Å². The van der Waals surface area contributed by atoms with Crippen molar-refractivity contribution in [3.8, 4) is 0 Å². The van der Waals surface area contributed by atoms with E-state index < -0.39 is 0 Å². The highest BCUT2D eigenvalue weighted by Gasteiger charge is 2.07. The van der Waals surface area contributed by atoms with Crippen LogP contribution in [-0.2, 0) is 11.3 Å². The Hall–Kier alpha value is -0.130. The van der Waals surface area contributed by atoms with Crippen LogP contribution >= 0.6 is 22.9 Å². The third-order valence-electron chi connectivity index (χ3n) is 2.32. The molecule has 0 aliphatic rings. The first-order valence-electron chi connectivity index (χ1n) is 5.43. The molecule has 0 saturated heterocycles. The van der Waals surface area contributed by atoms with Gasteiger partial charge in [-0.15, -0.1) is 11.3 Å². The Morgan fingerprint density at radius 2 is 2.38 bits per heavy atom. The molecule has 1 unspecified atom stereocenters. The average Bonchev–Trinajstić information content (AvgIpc) is 2.68. The molecule has 1 aromatic rings. The van der Waals surface area contributed by atoms with Gasteiger partial charge in [0.15, 0.2) is 0 Å². The summed E-state index contributed by atoms with van der Waals surface area (Å²) in [7, 11) is 1.72. The highest BCUT2D eigenvalue weighted by molar-refractivity contribution is 7.16. The van der Waals surface area contributed by atoms with E-state index in [0.717, 1.165) is 36.9 Å². The van der Waals surface area contributed by atoms with Crippen molar-refractivity contribution in [1.82, 2.24) is 5.32 Å². The summed E-state index contributed by atoms with van der Waals surface area (Å²) in [5.41, 5.74) is 5.50. The zero-order chi connectivity index (χ0) is 11.8. The predicted molar refractivity (Wildman–Crippen MR) is 70.1 cm³/mol. The Morgan fingerprint density at radius 1 is 1.56 bits per heavy atom. The predicted octanol–water partition coefficient (Wildman–Crippen LogP) is 2.25. The van der Waals surface area contributed by atoms with Gasteiger partial charge in [0.05, 0.1) is 10.9 Å². The average molecular weight is 263 g/mol. The number of methoxy groups -OCH3 is 1. The van der Waals surface area contributed by atoms with E-state index in [0.29, 0.717) is 6.04 Å². The number of rotatable bonds is 8. The molecule has 0 spiro atoms. The molecule has 0 saturated carbocycles. The van der Waals surface area contributed by atoms with Crippen LogP contribution in [0.15, 0.2) is 12.1 Å². The van der Waals surface area contributed by atoms with E-state index in [-0.39, 0.29) is 0 Å². The summed E-state index contributed by atoms with van der Waals surface area (Å²) in [5.74, 6) is 0. The van der Waals surface area contributed by atoms with E-state index >= 15 is 0 Å². The molecule has 0 amide bonds. The van der Waals surface area contributed by atoms with Gasteiger partial charge in [-0.05, 0) is 31.5 Å². The zero-order valence-corrected chi connectivity index (χ0v) is 11.1. The fourth-order valence-corrected chi connectivity index (χ4v) is 2.54. The van der Waals surface area contributed by atoms with Gasteiger partial charge in [-0.3, -0.25) is 0 Å². The Bertz CT molecular complexity index is 293. The van der Waals surface area contributed by atoms with Crippen molar-refractivity contribution in [3.63, 3.8) is 0 Å². The molecular weight excluding hydrogens is 244 g/mol. The van der Waals surface area contributed by atoms with Crippen molar-refractivity contribution in [3.05, 3.63) is 21.3 Å². The van der Waals surface area contributed by atoms with Crippen molar-refractivity contribution in [2.75, 3.05) is 20.3 Å². The second-order valence-electron chi connectivity index (χ2n) is 3.67. The van der Waals surface area contributed by atoms with Crippen LogP contribution in [0.5, 0.6) is 0 Å². The number of hydrogen-bond acceptors (Lipinski definition) is 4. The topological polar surface area (TPSA) is 47.3 Å². The smallest absolute Gasteiger partial charge is 0.0931 e. The number of nitrogens with two attached hydrogens (primary N) is 1. The van der Waals surface area contributed by atoms with Crippen molar-refractivity contribution in [2.45, 2.75) is 25.4 Å². The summed E-state index contributed by atoms with van der Waals surface area (Å²) in [6, 6.07) is 4.34. The largest absolute Gasteiger partial charge is 0.383 e. The maximum atomic E-state index is 5.87. The Kier molecular flexibility index (Phi) is 7.00. The molecule has 1 aromatic heterocycles. The molecular formula is C11H19ClN2OS. The molecule has 0 fully saturated rings. The van der Waals surface area contributed by atoms with E-state index in [1.54, 1.807) is 18.4 Å². The van der Waals surface area contributed by atoms with Gasteiger partial charge < -0.3 is 15.8 Å². The molecule has 5 heteroatoms. The zero-order valence-electron chi connectivity index (χ0n) is 9.54. The molecule has 3 N–H and O–H groups in total. The number of ether oxygens (including phenoxy) is 1. The van der Waals surface area contributed by atoms with Crippen LogP contribution < -0.4 is 11.1 Å². The minimum absolute atomic E-state index is 0.370. The van der Waals surface area contributed by atoms with E-state index in [2.05, 4.69) is 5.32 Å². The molecule has 1 atom stereocenters. The summed E-state index contributed by atoms with van der Waals surface area (Å²) < 4.78 is 6.00. The number of thiophene rings is 1. The molecule has 0 aliphatic heterocycles. The molecule has 1 rings (SSSR count). The fourth-order valence-electron chi connectivity index (χ4n) is 1.50. The lowest BCUT2D eigenvalue weighted by Gasteiger charge is -2.16. The standard InChI is InChI=1S/C11H19ClN2OS/c1-15-8-9(3-2-6-13)14-7-10-4-5-11(12)16-10/h4-5,9,14H,2-3,6-8,13H2,1H3. The van der Waals surface area contributed by atoms with Crippen molar-refractivity contribution in [1.29, 1.82) is 0 Å². The van der Waals surface area contributed by atoms with Gasteiger partial charge in [-0.2, -0.15) is 0 Å². The van der Waals surface area contributed by atoms with E-state index in [9.17, 15) is 0 Å². The maximum absolute atomic E-state index is 5.87. The lowest BCUT2D eigenvalue weighted by molar-refractivity contribution is 0.161. The summed E-state index contributed by atoms with van der Waals surface area (Å²) in [6.45, 7) is 2.29. The van der Waals surface area contributed by atoms with Crippen LogP contribution in [0, 0.1) is 0 Å². The molecule has 16 heavy (non-hydrogen) atoms. The third-order valence-corrected chi connectivity index (χ3v) is 3.55. The van der Waals surface area contributed by atoms with Crippen LogP contribution in [0.25, 0.3) is 0 Å². The van der Waals surface area contributed by atoms with Crippen LogP contribution in [0.4, 0.5) is 0 Å². The molecule has 0 aromatic carbocycles. The second-order valence-corrected chi connectivity index (χ2v) is 5.47. The number of hydrogen-bond donors (Lipinski definition) is 2. The van der Waals surface area contributed by atoms with Gasteiger partial charge in [0.25, 0.3) is 0 Å². The normalized spacial score (nSPS) is 12.9. The van der Waals surface area contributed by atoms with Crippen molar-refractivity contribution < 1.29 is 4.74 Å². The molecule has 0 radical (unpaired) electrons. The molecule has 0 bridgehead atoms. The Morgan fingerprint density at radius 3 is 2.94 bits per heavy atom. The van der Waals surface area contributed by atoms with Gasteiger partial charge in [0, 0.05) is 24.6 Å². The van der Waals surface area contributed by atoms with Crippen LogP contribution in [0.1, 0.15) is 17.7 Å². The molecule has 0 aliphatic carbocycles. The number of halogens is 1. The minimum atomic E-state index is 0.370. The first kappa shape index (κ1) is 13.9. The highest BCUT2D eigenvalue weighted by atomic mass is 35.5. The van der Waals surface area contributed by atoms with E-state index in [1.165, 1.54) is 4.88 Å². The van der Waals surface area contributed by atoms with E-state index in [1.807, 2.05) is 12.1 Å². The molecule has 1 heterocycles. The lowest BCUT2D eigenvalue weighted by atomic mass is 10.1. The third kappa shape index (κ3) is 5.27. The molecule has 92 valence electrons. The Balaban J connectivity index is 2.30. The van der Waals surface area contributed by atoms with Crippen molar-refractivity contribution in [2.24, 2.45) is 5.73 Å². The van der Waals surface area contributed by atoms with Crippen LogP contribution in [0.3, 0.4) is 0 Å². The van der Waals surface area contributed by atoms with Gasteiger partial charge in [0.1, 0.15) is 0 Å². The van der Waals surface area contributed by atoms with Crippen molar-refractivity contribution >= 4 is 22.9 Å². The number of nitrogens with one attached hydrogen (secondary N) is 1. The summed E-state index contributed by atoms with van der Waals surface area (Å²) in [5, 5.41) is 3.46. The summed E-state index contributed by atoms with van der Waals surface area (Å²) in [4.78, 5) is 1.25.